The average Bonchev–Trinajstić information content (AvgIpc) is 3.21. The van der Waals surface area contributed by atoms with E-state index in [-0.39, 0.29) is 94.2 Å². The quantitative estimate of drug-likeness (QED) is 0.0453. The molecule has 4 rings (SSSR count). The molecular formula is C44H44N2O12S. The zero-order valence-electron chi connectivity index (χ0n) is 32.5. The van der Waals surface area contributed by atoms with E-state index in [1.54, 1.807) is 60.7 Å². The minimum atomic E-state index is -4.15. The molecule has 0 saturated heterocycles. The monoisotopic (exact) mass is 824 g/mol. The van der Waals surface area contributed by atoms with Crippen molar-refractivity contribution in [1.82, 2.24) is 0 Å². The van der Waals surface area contributed by atoms with Crippen LogP contribution in [0.25, 0.3) is 0 Å². The van der Waals surface area contributed by atoms with Crippen molar-refractivity contribution in [2.45, 2.75) is 49.3 Å². The Labute approximate surface area is 342 Å². The van der Waals surface area contributed by atoms with Gasteiger partial charge in [-0.1, -0.05) is 49.6 Å². The van der Waals surface area contributed by atoms with Crippen LogP contribution in [0.1, 0.15) is 39.5 Å². The standard InChI is InChI=1S/C44H44N2O12S/c1-29(2)43(51)55-25-21-31(19-23-47)41(49)45-37-15-5-7-17-39(37)57-33-11-9-13-35(27-33)59(53,54)36-14-10-12-34(28-36)58-40-18-8-6-16-38(40)46-42(50)32(20-24-48)22-26-56-44(52)30(3)4/h5-18,23-24,27-28,31-32H,1,3,19-22,25-26H2,2,4H3,(H,45,49)(H,46,50). The summed E-state index contributed by atoms with van der Waals surface area (Å²) in [4.78, 5) is 72.3. The number of para-hydroxylation sites is 4. The molecule has 2 N–H and O–H groups in total. The molecule has 0 aliphatic carbocycles. The lowest BCUT2D eigenvalue weighted by atomic mass is 10.0. The first-order valence-corrected chi connectivity index (χ1v) is 19.8. The van der Waals surface area contributed by atoms with Crippen molar-refractivity contribution in [3.63, 3.8) is 0 Å². The summed E-state index contributed by atoms with van der Waals surface area (Å²) in [7, 11) is -4.15. The number of aldehydes is 2. The summed E-state index contributed by atoms with van der Waals surface area (Å²) in [6.07, 6.45) is 1.14. The fourth-order valence-electron chi connectivity index (χ4n) is 5.37. The van der Waals surface area contributed by atoms with Crippen molar-refractivity contribution in [2.75, 3.05) is 23.8 Å². The van der Waals surface area contributed by atoms with Gasteiger partial charge in [-0.2, -0.15) is 0 Å². The van der Waals surface area contributed by atoms with Gasteiger partial charge in [0.15, 0.2) is 11.5 Å². The van der Waals surface area contributed by atoms with Gasteiger partial charge in [-0.15, -0.1) is 0 Å². The molecule has 59 heavy (non-hydrogen) atoms. The van der Waals surface area contributed by atoms with Crippen molar-refractivity contribution in [3.05, 3.63) is 121 Å². The highest BCUT2D eigenvalue weighted by molar-refractivity contribution is 7.91. The van der Waals surface area contributed by atoms with Crippen LogP contribution in [0.2, 0.25) is 0 Å². The molecule has 0 radical (unpaired) electrons. The molecule has 2 amide bonds. The summed E-state index contributed by atoms with van der Waals surface area (Å²) in [5, 5.41) is 5.49. The second-order valence-corrected chi connectivity index (χ2v) is 15.2. The molecule has 4 aromatic carbocycles. The zero-order valence-corrected chi connectivity index (χ0v) is 33.3. The molecule has 0 bridgehead atoms. The summed E-state index contributed by atoms with van der Waals surface area (Å²) in [6, 6.07) is 24.5. The van der Waals surface area contributed by atoms with Crippen molar-refractivity contribution < 1.29 is 56.1 Å². The minimum absolute atomic E-state index is 0.0858. The topological polar surface area (TPSA) is 198 Å². The fourth-order valence-corrected chi connectivity index (χ4v) is 6.70. The number of carbonyl (C=O) groups excluding carboxylic acids is 6. The minimum Gasteiger partial charge on any atom is -0.462 e. The number of hydrogen-bond acceptors (Lipinski definition) is 12. The number of carbonyl (C=O) groups is 6. The van der Waals surface area contributed by atoms with Crippen molar-refractivity contribution in [3.8, 4) is 23.0 Å². The molecule has 2 atom stereocenters. The third kappa shape index (κ3) is 13.1. The first-order chi connectivity index (χ1) is 28.2. The van der Waals surface area contributed by atoms with Crippen LogP contribution in [0.15, 0.2) is 131 Å². The first kappa shape index (κ1) is 44.8. The molecule has 0 aromatic heterocycles. The number of nitrogens with one attached hydrogen (secondary N) is 2. The molecule has 14 nitrogen and oxygen atoms in total. The van der Waals surface area contributed by atoms with E-state index in [1.807, 2.05) is 0 Å². The summed E-state index contributed by atoms with van der Waals surface area (Å²) in [5.74, 6) is -3.18. The third-order valence-electron chi connectivity index (χ3n) is 8.58. The zero-order chi connectivity index (χ0) is 43.0. The number of hydrogen-bond donors (Lipinski definition) is 2. The molecule has 0 heterocycles. The van der Waals surface area contributed by atoms with Gasteiger partial charge in [0.1, 0.15) is 24.1 Å². The molecule has 0 fully saturated rings. The molecule has 0 spiro atoms. The van der Waals surface area contributed by atoms with Crippen LogP contribution in [-0.2, 0) is 48.1 Å². The largest absolute Gasteiger partial charge is 0.462 e. The Morgan fingerprint density at radius 3 is 1.37 bits per heavy atom. The van der Waals surface area contributed by atoms with Gasteiger partial charge in [-0.25, -0.2) is 18.0 Å². The summed E-state index contributed by atoms with van der Waals surface area (Å²) >= 11 is 0. The highest BCUT2D eigenvalue weighted by Crippen LogP contribution is 2.35. The van der Waals surface area contributed by atoms with Crippen molar-refractivity contribution in [1.29, 1.82) is 0 Å². The van der Waals surface area contributed by atoms with Crippen LogP contribution in [0.4, 0.5) is 11.4 Å². The normalized spacial score (nSPS) is 11.8. The molecule has 0 aliphatic rings. The molecular weight excluding hydrogens is 781 g/mol. The van der Waals surface area contributed by atoms with Crippen molar-refractivity contribution >= 4 is 57.5 Å². The lowest BCUT2D eigenvalue weighted by molar-refractivity contribution is -0.140. The van der Waals surface area contributed by atoms with E-state index in [4.69, 9.17) is 18.9 Å². The maximum absolute atomic E-state index is 13.9. The van der Waals surface area contributed by atoms with Gasteiger partial charge in [0.25, 0.3) is 0 Å². The molecule has 0 aliphatic heterocycles. The molecule has 4 aromatic rings. The SMILES string of the molecule is C=C(C)C(=O)OCCC(CC=O)C(=O)Nc1ccccc1Oc1cccc(S(=O)(=O)c2cccc(Oc3ccccc3NC(=O)C(CC=O)CCOC(=O)C(=C)C)c2)c1. The highest BCUT2D eigenvalue weighted by atomic mass is 32.2. The van der Waals surface area contributed by atoms with E-state index in [0.717, 1.165) is 0 Å². The first-order valence-electron chi connectivity index (χ1n) is 18.4. The lowest BCUT2D eigenvalue weighted by Gasteiger charge is -2.17. The highest BCUT2D eigenvalue weighted by Gasteiger charge is 2.24. The number of rotatable bonds is 22. The second-order valence-electron chi connectivity index (χ2n) is 13.2. The summed E-state index contributed by atoms with van der Waals surface area (Å²) < 4.78 is 50.1. The van der Waals surface area contributed by atoms with Gasteiger partial charge in [0.2, 0.25) is 21.7 Å². The Morgan fingerprint density at radius 1 is 0.610 bits per heavy atom. The Kier molecular flexibility index (Phi) is 16.4. The van der Waals surface area contributed by atoms with Crippen LogP contribution in [0, 0.1) is 11.8 Å². The van der Waals surface area contributed by atoms with Crippen LogP contribution in [0.3, 0.4) is 0 Å². The predicted octanol–water partition coefficient (Wildman–Crippen LogP) is 7.41. The molecule has 2 unspecified atom stereocenters. The smallest absolute Gasteiger partial charge is 0.333 e. The Morgan fingerprint density at radius 2 is 1.00 bits per heavy atom. The number of anilines is 2. The second kappa shape index (κ2) is 21.6. The fraction of sp³-hybridized carbons (Fsp3) is 0.227. The van der Waals surface area contributed by atoms with Gasteiger partial charge in [-0.3, -0.25) is 9.59 Å². The van der Waals surface area contributed by atoms with Gasteiger partial charge in [0.05, 0.1) is 34.4 Å². The maximum Gasteiger partial charge on any atom is 0.333 e. The van der Waals surface area contributed by atoms with E-state index < -0.39 is 45.4 Å². The van der Waals surface area contributed by atoms with E-state index in [0.29, 0.717) is 12.6 Å². The van der Waals surface area contributed by atoms with E-state index in [1.165, 1.54) is 50.2 Å². The summed E-state index contributed by atoms with van der Waals surface area (Å²) in [5.41, 5.74) is 0.918. The number of ether oxygens (including phenoxy) is 4. The van der Waals surface area contributed by atoms with Crippen LogP contribution < -0.4 is 20.1 Å². The molecule has 0 saturated carbocycles. The van der Waals surface area contributed by atoms with Crippen molar-refractivity contribution in [2.24, 2.45) is 11.8 Å². The Balaban J connectivity index is 1.48. The number of sulfone groups is 1. The summed E-state index contributed by atoms with van der Waals surface area (Å²) in [6.45, 7) is 9.83. The van der Waals surface area contributed by atoms with E-state index in [2.05, 4.69) is 23.8 Å². The van der Waals surface area contributed by atoms with Gasteiger partial charge in [0, 0.05) is 35.8 Å². The number of benzene rings is 4. The number of amides is 2. The number of esters is 2. The van der Waals surface area contributed by atoms with Gasteiger partial charge in [-0.05, 0) is 87.4 Å². The van der Waals surface area contributed by atoms with Gasteiger partial charge < -0.3 is 39.2 Å². The molecule has 15 heteroatoms. The van der Waals surface area contributed by atoms with Crippen LogP contribution in [-0.4, -0.2) is 58.0 Å². The molecule has 308 valence electrons. The van der Waals surface area contributed by atoms with E-state index in [9.17, 15) is 37.2 Å². The van der Waals surface area contributed by atoms with Gasteiger partial charge >= 0.3 is 11.9 Å². The maximum atomic E-state index is 13.9. The Bertz CT molecular complexity index is 2170. The third-order valence-corrected chi connectivity index (χ3v) is 10.3. The van der Waals surface area contributed by atoms with E-state index >= 15 is 0 Å². The van der Waals surface area contributed by atoms with Crippen LogP contribution >= 0.6 is 0 Å². The predicted molar refractivity (Wildman–Crippen MR) is 218 cm³/mol. The average molecular weight is 825 g/mol. The lowest BCUT2D eigenvalue weighted by Crippen LogP contribution is -2.25. The van der Waals surface area contributed by atoms with Crippen LogP contribution in [0.5, 0.6) is 23.0 Å². The Hall–Kier alpha value is -6.87.